The van der Waals surface area contributed by atoms with Crippen LogP contribution >= 0.6 is 0 Å². The average Bonchev–Trinajstić information content (AvgIpc) is 2.60. The van der Waals surface area contributed by atoms with Crippen LogP contribution in [0.4, 0.5) is 11.4 Å². The maximum absolute atomic E-state index is 12.5. The first-order chi connectivity index (χ1) is 12.4. The van der Waals surface area contributed by atoms with Crippen molar-refractivity contribution in [2.24, 2.45) is 0 Å². The van der Waals surface area contributed by atoms with Crippen LogP contribution < -0.4 is 14.8 Å². The van der Waals surface area contributed by atoms with Crippen LogP contribution in [0.25, 0.3) is 0 Å². The summed E-state index contributed by atoms with van der Waals surface area (Å²) in [5.74, 6) is 0.642. The van der Waals surface area contributed by atoms with E-state index in [4.69, 9.17) is 9.47 Å². The molecule has 0 saturated heterocycles. The van der Waals surface area contributed by atoms with Crippen molar-refractivity contribution in [3.63, 3.8) is 0 Å². The van der Waals surface area contributed by atoms with E-state index in [0.29, 0.717) is 18.0 Å². The fraction of sp³-hybridized carbons (Fsp3) is 0.368. The second kappa shape index (κ2) is 9.45. The zero-order chi connectivity index (χ0) is 19.0. The van der Waals surface area contributed by atoms with Gasteiger partial charge in [-0.05, 0) is 68.8 Å². The number of nitrogens with one attached hydrogen (secondary N) is 2. The Morgan fingerprint density at radius 1 is 0.962 bits per heavy atom. The van der Waals surface area contributed by atoms with E-state index < -0.39 is 10.0 Å². The van der Waals surface area contributed by atoms with Gasteiger partial charge in [0.15, 0.2) is 0 Å². The SMILES string of the molecule is COCCCNc1ccc(NS(=O)(=O)c2ccc(OC(C)C)cc2)cc1. The van der Waals surface area contributed by atoms with Crippen LogP contribution in [0.1, 0.15) is 20.3 Å². The number of methoxy groups -OCH3 is 1. The van der Waals surface area contributed by atoms with E-state index in [-0.39, 0.29) is 11.0 Å². The second-order valence-electron chi connectivity index (χ2n) is 6.09. The quantitative estimate of drug-likeness (QED) is 0.616. The summed E-state index contributed by atoms with van der Waals surface area (Å²) in [5.41, 5.74) is 1.44. The molecule has 2 N–H and O–H groups in total. The maximum Gasteiger partial charge on any atom is 0.261 e. The van der Waals surface area contributed by atoms with E-state index in [2.05, 4.69) is 10.0 Å². The Morgan fingerprint density at radius 2 is 1.58 bits per heavy atom. The molecule has 2 aromatic carbocycles. The lowest BCUT2D eigenvalue weighted by atomic mass is 10.3. The topological polar surface area (TPSA) is 76.7 Å². The van der Waals surface area contributed by atoms with Gasteiger partial charge in [-0.1, -0.05) is 0 Å². The van der Waals surface area contributed by atoms with Crippen LogP contribution in [-0.4, -0.2) is 34.8 Å². The average molecular weight is 378 g/mol. The van der Waals surface area contributed by atoms with E-state index >= 15 is 0 Å². The molecular weight excluding hydrogens is 352 g/mol. The van der Waals surface area contributed by atoms with Crippen LogP contribution in [0.3, 0.4) is 0 Å². The third-order valence-electron chi connectivity index (χ3n) is 3.50. The van der Waals surface area contributed by atoms with Gasteiger partial charge in [0, 0.05) is 31.6 Å². The van der Waals surface area contributed by atoms with E-state index in [1.54, 1.807) is 31.4 Å². The molecular formula is C19H26N2O4S. The number of hydrogen-bond acceptors (Lipinski definition) is 5. The Hall–Kier alpha value is -2.25. The van der Waals surface area contributed by atoms with Crippen LogP contribution in [-0.2, 0) is 14.8 Å². The van der Waals surface area contributed by atoms with E-state index in [1.807, 2.05) is 26.0 Å². The number of rotatable bonds is 10. The highest BCUT2D eigenvalue weighted by molar-refractivity contribution is 7.92. The molecule has 0 amide bonds. The smallest absolute Gasteiger partial charge is 0.261 e. The van der Waals surface area contributed by atoms with Gasteiger partial charge in [-0.15, -0.1) is 0 Å². The third kappa shape index (κ3) is 6.24. The van der Waals surface area contributed by atoms with Gasteiger partial charge in [0.2, 0.25) is 0 Å². The monoisotopic (exact) mass is 378 g/mol. The maximum atomic E-state index is 12.5. The summed E-state index contributed by atoms with van der Waals surface area (Å²) in [6.45, 7) is 5.33. The summed E-state index contributed by atoms with van der Waals surface area (Å²) in [4.78, 5) is 0.190. The Balaban J connectivity index is 1.97. The largest absolute Gasteiger partial charge is 0.491 e. The van der Waals surface area contributed by atoms with Gasteiger partial charge in [0.05, 0.1) is 11.0 Å². The highest BCUT2D eigenvalue weighted by atomic mass is 32.2. The lowest BCUT2D eigenvalue weighted by Gasteiger charge is -2.12. The minimum atomic E-state index is -3.64. The summed E-state index contributed by atoms with van der Waals surface area (Å²) in [6, 6.07) is 13.5. The molecule has 142 valence electrons. The van der Waals surface area contributed by atoms with E-state index in [1.165, 1.54) is 12.1 Å². The Labute approximate surface area is 155 Å². The molecule has 2 aromatic rings. The molecule has 0 aliphatic heterocycles. The van der Waals surface area contributed by atoms with Crippen molar-refractivity contribution >= 4 is 21.4 Å². The first-order valence-electron chi connectivity index (χ1n) is 8.53. The van der Waals surface area contributed by atoms with Gasteiger partial charge in [0.1, 0.15) is 5.75 Å². The molecule has 0 atom stereocenters. The molecule has 7 heteroatoms. The Bertz CT molecular complexity index is 772. The minimum absolute atomic E-state index is 0.0391. The molecule has 0 aliphatic rings. The van der Waals surface area contributed by atoms with E-state index in [9.17, 15) is 8.42 Å². The van der Waals surface area contributed by atoms with E-state index in [0.717, 1.165) is 18.7 Å². The molecule has 0 aromatic heterocycles. The number of hydrogen-bond donors (Lipinski definition) is 2. The van der Waals surface area contributed by atoms with Crippen molar-refractivity contribution in [1.82, 2.24) is 0 Å². The summed E-state index contributed by atoms with van der Waals surface area (Å²) in [5, 5.41) is 3.25. The zero-order valence-electron chi connectivity index (χ0n) is 15.4. The summed E-state index contributed by atoms with van der Waals surface area (Å²) >= 11 is 0. The van der Waals surface area contributed by atoms with Crippen molar-refractivity contribution in [3.8, 4) is 5.75 Å². The van der Waals surface area contributed by atoms with Crippen LogP contribution in [0.2, 0.25) is 0 Å². The van der Waals surface area contributed by atoms with Crippen LogP contribution in [0, 0.1) is 0 Å². The summed E-state index contributed by atoms with van der Waals surface area (Å²) in [6.07, 6.45) is 0.943. The van der Waals surface area contributed by atoms with Gasteiger partial charge in [-0.2, -0.15) is 0 Å². The normalized spacial score (nSPS) is 11.4. The first-order valence-corrected chi connectivity index (χ1v) is 10.0. The lowest BCUT2D eigenvalue weighted by Crippen LogP contribution is -2.13. The van der Waals surface area contributed by atoms with Gasteiger partial charge in [-0.3, -0.25) is 4.72 Å². The highest BCUT2D eigenvalue weighted by Gasteiger charge is 2.14. The summed E-state index contributed by atoms with van der Waals surface area (Å²) < 4.78 is 38.1. The molecule has 0 fully saturated rings. The fourth-order valence-electron chi connectivity index (χ4n) is 2.29. The molecule has 0 aliphatic carbocycles. The standard InChI is InChI=1S/C19H26N2O4S/c1-15(2)25-18-9-11-19(12-10-18)26(22,23)21-17-7-5-16(6-8-17)20-13-4-14-24-3/h5-12,15,20-21H,4,13-14H2,1-3H3. The van der Waals surface area contributed by atoms with Crippen molar-refractivity contribution in [3.05, 3.63) is 48.5 Å². The molecule has 0 spiro atoms. The predicted octanol–water partition coefficient (Wildman–Crippen LogP) is 3.72. The highest BCUT2D eigenvalue weighted by Crippen LogP contribution is 2.21. The number of benzene rings is 2. The molecule has 2 rings (SSSR count). The van der Waals surface area contributed by atoms with Crippen molar-refractivity contribution in [2.45, 2.75) is 31.3 Å². The van der Waals surface area contributed by atoms with Gasteiger partial charge in [0.25, 0.3) is 10.0 Å². The predicted molar refractivity (Wildman–Crippen MR) is 104 cm³/mol. The first kappa shape index (κ1) is 20.1. The number of sulfonamides is 1. The molecule has 0 bridgehead atoms. The van der Waals surface area contributed by atoms with Crippen LogP contribution in [0.15, 0.2) is 53.4 Å². The third-order valence-corrected chi connectivity index (χ3v) is 4.89. The van der Waals surface area contributed by atoms with Crippen LogP contribution in [0.5, 0.6) is 5.75 Å². The second-order valence-corrected chi connectivity index (χ2v) is 7.78. The molecule has 0 unspecified atom stereocenters. The van der Waals surface area contributed by atoms with Crippen molar-refractivity contribution < 1.29 is 17.9 Å². The Morgan fingerprint density at radius 3 is 2.15 bits per heavy atom. The number of ether oxygens (including phenoxy) is 2. The summed E-state index contributed by atoms with van der Waals surface area (Å²) in [7, 11) is -1.97. The molecule has 26 heavy (non-hydrogen) atoms. The van der Waals surface area contributed by atoms with Crippen molar-refractivity contribution in [2.75, 3.05) is 30.3 Å². The minimum Gasteiger partial charge on any atom is -0.491 e. The molecule has 0 heterocycles. The molecule has 0 saturated carbocycles. The van der Waals surface area contributed by atoms with Gasteiger partial charge in [-0.25, -0.2) is 8.42 Å². The molecule has 6 nitrogen and oxygen atoms in total. The van der Waals surface area contributed by atoms with Gasteiger partial charge >= 0.3 is 0 Å². The van der Waals surface area contributed by atoms with Crippen molar-refractivity contribution in [1.29, 1.82) is 0 Å². The lowest BCUT2D eigenvalue weighted by molar-refractivity contribution is 0.198. The Kier molecular flexibility index (Phi) is 7.29. The fourth-order valence-corrected chi connectivity index (χ4v) is 3.35. The zero-order valence-corrected chi connectivity index (χ0v) is 16.2. The number of anilines is 2. The molecule has 0 radical (unpaired) electrons. The van der Waals surface area contributed by atoms with Gasteiger partial charge < -0.3 is 14.8 Å².